The molecule has 5 heteroatoms. The van der Waals surface area contributed by atoms with Crippen LogP contribution in [0, 0.1) is 18.3 Å². The van der Waals surface area contributed by atoms with E-state index in [0.29, 0.717) is 17.9 Å². The summed E-state index contributed by atoms with van der Waals surface area (Å²) < 4.78 is 1.67. The molecule has 2 rings (SSSR count). The summed E-state index contributed by atoms with van der Waals surface area (Å²) in [6.45, 7) is 2.37. The number of aryl methyl sites for hydroxylation is 2. The van der Waals surface area contributed by atoms with Gasteiger partial charge in [0.1, 0.15) is 17.5 Å². The second-order valence-corrected chi connectivity index (χ2v) is 4.44. The fourth-order valence-electron chi connectivity index (χ4n) is 2.02. The Labute approximate surface area is 112 Å². The number of nitrogens with two attached hydrogens (primary N) is 1. The number of nitrogens with zero attached hydrogens (tertiary/aromatic N) is 3. The molecule has 1 unspecified atom stereocenters. The Kier molecular flexibility index (Phi) is 3.83. The first-order valence-corrected chi connectivity index (χ1v) is 6.11. The standard InChI is InChI=1S/C14H17N5/c1-10-12(8-15)14(19(2)18-10)17-9-13(16)11-6-4-3-5-7-11/h3-7,13,17H,9,16H2,1-2H3. The minimum atomic E-state index is -0.122. The van der Waals surface area contributed by atoms with E-state index in [2.05, 4.69) is 16.5 Å². The largest absolute Gasteiger partial charge is 0.367 e. The molecule has 0 saturated heterocycles. The van der Waals surface area contributed by atoms with Crippen LogP contribution in [-0.2, 0) is 7.05 Å². The van der Waals surface area contributed by atoms with E-state index in [1.165, 1.54) is 0 Å². The Bertz CT molecular complexity index is 594. The molecule has 0 amide bonds. The van der Waals surface area contributed by atoms with E-state index >= 15 is 0 Å². The van der Waals surface area contributed by atoms with Crippen molar-refractivity contribution in [1.82, 2.24) is 9.78 Å². The molecule has 0 fully saturated rings. The second-order valence-electron chi connectivity index (χ2n) is 4.44. The first-order valence-electron chi connectivity index (χ1n) is 6.11. The van der Waals surface area contributed by atoms with Gasteiger partial charge in [-0.25, -0.2) is 0 Å². The molecular weight excluding hydrogens is 238 g/mol. The van der Waals surface area contributed by atoms with Crippen molar-refractivity contribution in [1.29, 1.82) is 5.26 Å². The summed E-state index contributed by atoms with van der Waals surface area (Å²) in [5, 5.41) is 16.5. The van der Waals surface area contributed by atoms with Crippen LogP contribution in [0.15, 0.2) is 30.3 Å². The highest BCUT2D eigenvalue weighted by molar-refractivity contribution is 5.55. The average Bonchev–Trinajstić information content (AvgIpc) is 2.70. The third kappa shape index (κ3) is 2.75. The van der Waals surface area contributed by atoms with Crippen molar-refractivity contribution in [3.05, 3.63) is 47.2 Å². The summed E-state index contributed by atoms with van der Waals surface area (Å²) in [4.78, 5) is 0. The van der Waals surface area contributed by atoms with Gasteiger partial charge in [0, 0.05) is 19.6 Å². The third-order valence-corrected chi connectivity index (χ3v) is 3.05. The van der Waals surface area contributed by atoms with Crippen LogP contribution in [0.1, 0.15) is 22.9 Å². The van der Waals surface area contributed by atoms with Crippen molar-refractivity contribution in [2.45, 2.75) is 13.0 Å². The Balaban J connectivity index is 2.10. The quantitative estimate of drug-likeness (QED) is 0.871. The molecule has 3 N–H and O–H groups in total. The lowest BCUT2D eigenvalue weighted by molar-refractivity contribution is 0.727. The van der Waals surface area contributed by atoms with Gasteiger partial charge in [-0.3, -0.25) is 4.68 Å². The van der Waals surface area contributed by atoms with Gasteiger partial charge >= 0.3 is 0 Å². The molecule has 0 spiro atoms. The number of hydrogen-bond acceptors (Lipinski definition) is 4. The molecule has 0 aliphatic rings. The zero-order valence-electron chi connectivity index (χ0n) is 11.1. The molecule has 0 saturated carbocycles. The van der Waals surface area contributed by atoms with Gasteiger partial charge in [0.15, 0.2) is 0 Å². The smallest absolute Gasteiger partial charge is 0.142 e. The molecule has 1 aromatic carbocycles. The molecular formula is C14H17N5. The Morgan fingerprint density at radius 3 is 2.74 bits per heavy atom. The molecule has 1 atom stereocenters. The van der Waals surface area contributed by atoms with Gasteiger partial charge in [-0.15, -0.1) is 0 Å². The first-order chi connectivity index (χ1) is 9.13. The van der Waals surface area contributed by atoms with Crippen LogP contribution in [0.5, 0.6) is 0 Å². The van der Waals surface area contributed by atoms with Gasteiger partial charge < -0.3 is 11.1 Å². The molecule has 1 heterocycles. The Morgan fingerprint density at radius 1 is 1.42 bits per heavy atom. The first kappa shape index (κ1) is 13.1. The number of nitriles is 1. The molecule has 0 bridgehead atoms. The van der Waals surface area contributed by atoms with Crippen LogP contribution >= 0.6 is 0 Å². The normalized spacial score (nSPS) is 11.9. The van der Waals surface area contributed by atoms with Gasteiger partial charge in [-0.2, -0.15) is 10.4 Å². The molecule has 1 aromatic heterocycles. The number of anilines is 1. The molecule has 0 radical (unpaired) electrons. The average molecular weight is 255 g/mol. The van der Waals surface area contributed by atoms with Crippen molar-refractivity contribution in [3.8, 4) is 6.07 Å². The molecule has 0 aliphatic carbocycles. The summed E-state index contributed by atoms with van der Waals surface area (Å²) in [5.41, 5.74) is 8.47. The number of benzene rings is 1. The summed E-state index contributed by atoms with van der Waals surface area (Å²) in [5.74, 6) is 0.714. The topological polar surface area (TPSA) is 79.7 Å². The molecule has 19 heavy (non-hydrogen) atoms. The van der Waals surface area contributed by atoms with Crippen molar-refractivity contribution < 1.29 is 0 Å². The summed E-state index contributed by atoms with van der Waals surface area (Å²) in [6.07, 6.45) is 0. The number of aromatic nitrogens is 2. The predicted octanol–water partition coefficient (Wildman–Crippen LogP) is 1.71. The molecule has 2 aromatic rings. The zero-order valence-corrected chi connectivity index (χ0v) is 11.1. The Morgan fingerprint density at radius 2 is 2.11 bits per heavy atom. The predicted molar refractivity (Wildman–Crippen MR) is 74.5 cm³/mol. The van der Waals surface area contributed by atoms with Crippen LogP contribution in [0.2, 0.25) is 0 Å². The fraction of sp³-hybridized carbons (Fsp3) is 0.286. The van der Waals surface area contributed by atoms with E-state index in [4.69, 9.17) is 11.0 Å². The second kappa shape index (κ2) is 5.55. The number of rotatable bonds is 4. The minimum absolute atomic E-state index is 0.122. The highest BCUT2D eigenvalue weighted by atomic mass is 15.3. The maximum absolute atomic E-state index is 9.12. The van der Waals surface area contributed by atoms with Crippen molar-refractivity contribution in [3.63, 3.8) is 0 Å². The van der Waals surface area contributed by atoms with Gasteiger partial charge in [0.05, 0.1) is 5.69 Å². The van der Waals surface area contributed by atoms with E-state index in [-0.39, 0.29) is 6.04 Å². The van der Waals surface area contributed by atoms with E-state index in [1.54, 1.807) is 4.68 Å². The lowest BCUT2D eigenvalue weighted by atomic mass is 10.1. The zero-order chi connectivity index (χ0) is 13.8. The fourth-order valence-corrected chi connectivity index (χ4v) is 2.02. The van der Waals surface area contributed by atoms with Crippen LogP contribution in [0.25, 0.3) is 0 Å². The number of nitrogens with one attached hydrogen (secondary N) is 1. The Hall–Kier alpha value is -2.32. The monoisotopic (exact) mass is 255 g/mol. The van der Waals surface area contributed by atoms with Gasteiger partial charge in [0.25, 0.3) is 0 Å². The van der Waals surface area contributed by atoms with Crippen LogP contribution in [-0.4, -0.2) is 16.3 Å². The van der Waals surface area contributed by atoms with Crippen molar-refractivity contribution in [2.75, 3.05) is 11.9 Å². The van der Waals surface area contributed by atoms with Gasteiger partial charge in [0.2, 0.25) is 0 Å². The summed E-state index contributed by atoms with van der Waals surface area (Å²) in [7, 11) is 1.81. The van der Waals surface area contributed by atoms with Gasteiger partial charge in [-0.05, 0) is 12.5 Å². The van der Waals surface area contributed by atoms with Crippen molar-refractivity contribution >= 4 is 5.82 Å². The van der Waals surface area contributed by atoms with Crippen LogP contribution in [0.4, 0.5) is 5.82 Å². The van der Waals surface area contributed by atoms with Crippen molar-refractivity contribution in [2.24, 2.45) is 12.8 Å². The lowest BCUT2D eigenvalue weighted by Crippen LogP contribution is -2.21. The molecule has 98 valence electrons. The molecule has 0 aliphatic heterocycles. The van der Waals surface area contributed by atoms with E-state index in [1.807, 2.05) is 44.3 Å². The molecule has 5 nitrogen and oxygen atoms in total. The van der Waals surface area contributed by atoms with E-state index < -0.39 is 0 Å². The maximum Gasteiger partial charge on any atom is 0.142 e. The van der Waals surface area contributed by atoms with Crippen LogP contribution < -0.4 is 11.1 Å². The lowest BCUT2D eigenvalue weighted by Gasteiger charge is -2.14. The van der Waals surface area contributed by atoms with Gasteiger partial charge in [-0.1, -0.05) is 30.3 Å². The highest BCUT2D eigenvalue weighted by Gasteiger charge is 2.13. The minimum Gasteiger partial charge on any atom is -0.367 e. The third-order valence-electron chi connectivity index (χ3n) is 3.05. The highest BCUT2D eigenvalue weighted by Crippen LogP contribution is 2.18. The van der Waals surface area contributed by atoms with E-state index in [9.17, 15) is 0 Å². The van der Waals surface area contributed by atoms with E-state index in [0.717, 1.165) is 11.3 Å². The summed E-state index contributed by atoms with van der Waals surface area (Å²) >= 11 is 0. The van der Waals surface area contributed by atoms with Crippen LogP contribution in [0.3, 0.4) is 0 Å². The number of hydrogen-bond donors (Lipinski definition) is 2. The summed E-state index contributed by atoms with van der Waals surface area (Å²) in [6, 6.07) is 11.9. The maximum atomic E-state index is 9.12. The SMILES string of the molecule is Cc1nn(C)c(NCC(N)c2ccccc2)c1C#N.